The van der Waals surface area contributed by atoms with Gasteiger partial charge in [0.1, 0.15) is 5.84 Å². The van der Waals surface area contributed by atoms with Crippen LogP contribution in [0.1, 0.15) is 30.5 Å². The second kappa shape index (κ2) is 11.1. The van der Waals surface area contributed by atoms with Crippen molar-refractivity contribution in [1.82, 2.24) is 15.6 Å². The number of aromatic nitrogens is 1. The first-order valence-electron chi connectivity index (χ1n) is 9.23. The number of hydrogen-bond donors (Lipinski definition) is 5. The van der Waals surface area contributed by atoms with Crippen LogP contribution in [0.2, 0.25) is 0 Å². The molecule has 1 aromatic carbocycles. The van der Waals surface area contributed by atoms with Gasteiger partial charge in [-0.25, -0.2) is 4.79 Å². The van der Waals surface area contributed by atoms with Crippen LogP contribution < -0.4 is 21.7 Å². The van der Waals surface area contributed by atoms with Gasteiger partial charge in [0.05, 0.1) is 25.6 Å². The summed E-state index contributed by atoms with van der Waals surface area (Å²) < 4.78 is 4.95. The summed E-state index contributed by atoms with van der Waals surface area (Å²) in [6, 6.07) is 8.60. The molecule has 0 bridgehead atoms. The number of nitrogen functional groups attached to an aromatic ring is 1. The molecule has 10 heteroatoms. The zero-order chi connectivity index (χ0) is 21.9. The number of urea groups is 1. The standard InChI is InChI=1S/C20H24N6O4/c1-2-30-18(28)10-16(14-4-3-9-23-11-14)26-17(27)12-24-20(29)25-15-7-5-13(6-8-15)19(21)22/h3-9,11,16H,2,10,12H2,1H3,(H3,21,22)(H,26,27)(H2,24,25,29)/t16-/m0/s1. The van der Waals surface area contributed by atoms with Gasteiger partial charge in [-0.15, -0.1) is 0 Å². The Balaban J connectivity index is 1.88. The van der Waals surface area contributed by atoms with E-state index in [0.29, 0.717) is 16.8 Å². The number of nitrogens with two attached hydrogens (primary N) is 1. The van der Waals surface area contributed by atoms with Crippen molar-refractivity contribution >= 4 is 29.4 Å². The van der Waals surface area contributed by atoms with Gasteiger partial charge in [-0.3, -0.25) is 20.0 Å². The number of amides is 3. The highest BCUT2D eigenvalue weighted by atomic mass is 16.5. The van der Waals surface area contributed by atoms with Crippen LogP contribution in [0, 0.1) is 5.41 Å². The lowest BCUT2D eigenvalue weighted by Gasteiger charge is -2.18. The van der Waals surface area contributed by atoms with Gasteiger partial charge in [-0.2, -0.15) is 0 Å². The van der Waals surface area contributed by atoms with Crippen LogP contribution in [0.25, 0.3) is 0 Å². The molecule has 3 amide bonds. The molecule has 0 saturated heterocycles. The van der Waals surface area contributed by atoms with Gasteiger partial charge in [0, 0.05) is 23.6 Å². The van der Waals surface area contributed by atoms with Crippen LogP contribution in [0.4, 0.5) is 10.5 Å². The molecule has 0 aliphatic rings. The lowest BCUT2D eigenvalue weighted by Crippen LogP contribution is -2.40. The number of carbonyl (C=O) groups is 3. The fourth-order valence-electron chi connectivity index (χ4n) is 2.54. The average molecular weight is 412 g/mol. The second-order valence-corrected chi connectivity index (χ2v) is 6.21. The molecule has 30 heavy (non-hydrogen) atoms. The quantitative estimate of drug-likeness (QED) is 0.237. The molecule has 0 saturated carbocycles. The molecular formula is C20H24N6O4. The summed E-state index contributed by atoms with van der Waals surface area (Å²) >= 11 is 0. The number of pyridine rings is 1. The predicted molar refractivity (Wildman–Crippen MR) is 111 cm³/mol. The number of anilines is 1. The Bertz CT molecular complexity index is 886. The first-order valence-corrected chi connectivity index (χ1v) is 9.23. The molecular weight excluding hydrogens is 388 g/mol. The number of nitrogens with one attached hydrogen (secondary N) is 4. The van der Waals surface area contributed by atoms with Crippen molar-refractivity contribution in [3.8, 4) is 0 Å². The van der Waals surface area contributed by atoms with Crippen LogP contribution in [0.15, 0.2) is 48.8 Å². The molecule has 1 atom stereocenters. The number of hydrogen-bond acceptors (Lipinski definition) is 6. The Morgan fingerprint density at radius 1 is 1.20 bits per heavy atom. The van der Waals surface area contributed by atoms with Gasteiger partial charge < -0.3 is 26.4 Å². The van der Waals surface area contributed by atoms with Gasteiger partial charge >= 0.3 is 12.0 Å². The number of carbonyl (C=O) groups excluding carboxylic acids is 3. The number of ether oxygens (including phenoxy) is 1. The van der Waals surface area contributed by atoms with Crippen molar-refractivity contribution in [3.63, 3.8) is 0 Å². The van der Waals surface area contributed by atoms with E-state index in [9.17, 15) is 14.4 Å². The number of nitrogens with zero attached hydrogens (tertiary/aromatic N) is 1. The average Bonchev–Trinajstić information content (AvgIpc) is 2.73. The normalized spacial score (nSPS) is 11.1. The third-order valence-electron chi connectivity index (χ3n) is 3.96. The molecule has 158 valence electrons. The van der Waals surface area contributed by atoms with Crippen molar-refractivity contribution in [3.05, 3.63) is 59.9 Å². The molecule has 2 rings (SSSR count). The monoisotopic (exact) mass is 412 g/mol. The van der Waals surface area contributed by atoms with Gasteiger partial charge in [0.15, 0.2) is 0 Å². The molecule has 0 spiro atoms. The summed E-state index contributed by atoms with van der Waals surface area (Å²) in [7, 11) is 0. The Hall–Kier alpha value is -3.95. The summed E-state index contributed by atoms with van der Waals surface area (Å²) in [5.41, 5.74) is 7.04. The van der Waals surface area contributed by atoms with Crippen molar-refractivity contribution < 1.29 is 19.1 Å². The molecule has 0 radical (unpaired) electrons. The molecule has 0 aliphatic carbocycles. The largest absolute Gasteiger partial charge is 0.466 e. The van der Waals surface area contributed by atoms with Crippen LogP contribution in [0.3, 0.4) is 0 Å². The molecule has 0 aliphatic heterocycles. The van der Waals surface area contributed by atoms with E-state index in [1.165, 1.54) is 0 Å². The topological polar surface area (TPSA) is 159 Å². The first kappa shape index (κ1) is 22.3. The molecule has 0 fully saturated rings. The molecule has 6 N–H and O–H groups in total. The Labute approximate surface area is 173 Å². The van der Waals surface area contributed by atoms with E-state index in [-0.39, 0.29) is 25.4 Å². The Morgan fingerprint density at radius 2 is 1.93 bits per heavy atom. The maximum absolute atomic E-state index is 12.3. The summed E-state index contributed by atoms with van der Waals surface area (Å²) in [6.07, 6.45) is 3.08. The van der Waals surface area contributed by atoms with Gasteiger partial charge in [-0.1, -0.05) is 6.07 Å². The molecule has 10 nitrogen and oxygen atoms in total. The minimum Gasteiger partial charge on any atom is -0.466 e. The Morgan fingerprint density at radius 3 is 2.53 bits per heavy atom. The second-order valence-electron chi connectivity index (χ2n) is 6.21. The van der Waals surface area contributed by atoms with Crippen molar-refractivity contribution in [1.29, 1.82) is 5.41 Å². The zero-order valence-corrected chi connectivity index (χ0v) is 16.5. The Kier molecular flexibility index (Phi) is 8.30. The lowest BCUT2D eigenvalue weighted by molar-refractivity contribution is -0.143. The number of rotatable bonds is 9. The van der Waals surface area contributed by atoms with Crippen molar-refractivity contribution in [2.45, 2.75) is 19.4 Å². The van der Waals surface area contributed by atoms with Crippen LogP contribution >= 0.6 is 0 Å². The number of benzene rings is 1. The highest BCUT2D eigenvalue weighted by molar-refractivity contribution is 5.96. The molecule has 2 aromatic rings. The van der Waals surface area contributed by atoms with E-state index < -0.39 is 23.9 Å². The highest BCUT2D eigenvalue weighted by Crippen LogP contribution is 2.16. The fraction of sp³-hybridized carbons (Fsp3) is 0.250. The van der Waals surface area contributed by atoms with Crippen LogP contribution in [0.5, 0.6) is 0 Å². The van der Waals surface area contributed by atoms with Gasteiger partial charge in [-0.05, 0) is 42.8 Å². The van der Waals surface area contributed by atoms with E-state index in [1.54, 1.807) is 55.7 Å². The van der Waals surface area contributed by atoms with E-state index in [0.717, 1.165) is 0 Å². The summed E-state index contributed by atoms with van der Waals surface area (Å²) in [5.74, 6) is -1.00. The minimum atomic E-state index is -0.630. The van der Waals surface area contributed by atoms with E-state index >= 15 is 0 Å². The summed E-state index contributed by atoms with van der Waals surface area (Å²) in [4.78, 5) is 40.1. The van der Waals surface area contributed by atoms with E-state index in [1.807, 2.05) is 0 Å². The SMILES string of the molecule is CCOC(=O)C[C@H](NC(=O)CNC(=O)Nc1ccc(C(=N)N)cc1)c1cccnc1. The van der Waals surface area contributed by atoms with Gasteiger partial charge in [0.25, 0.3) is 0 Å². The fourth-order valence-corrected chi connectivity index (χ4v) is 2.54. The van der Waals surface area contributed by atoms with Crippen molar-refractivity contribution in [2.24, 2.45) is 5.73 Å². The van der Waals surface area contributed by atoms with E-state index in [4.69, 9.17) is 15.9 Å². The van der Waals surface area contributed by atoms with Crippen molar-refractivity contribution in [2.75, 3.05) is 18.5 Å². The molecule has 1 aromatic heterocycles. The number of amidine groups is 1. The third kappa shape index (κ3) is 7.23. The van der Waals surface area contributed by atoms with Gasteiger partial charge in [0.2, 0.25) is 5.91 Å². The lowest BCUT2D eigenvalue weighted by atomic mass is 10.1. The molecule has 0 unspecified atom stereocenters. The first-order chi connectivity index (χ1) is 14.4. The summed E-state index contributed by atoms with van der Waals surface area (Å²) in [6.45, 7) is 1.64. The highest BCUT2D eigenvalue weighted by Gasteiger charge is 2.19. The third-order valence-corrected chi connectivity index (χ3v) is 3.96. The van der Waals surface area contributed by atoms with Crippen LogP contribution in [-0.4, -0.2) is 41.9 Å². The zero-order valence-electron chi connectivity index (χ0n) is 16.5. The maximum Gasteiger partial charge on any atom is 0.319 e. The minimum absolute atomic E-state index is 0.0556. The molecule has 1 heterocycles. The maximum atomic E-state index is 12.3. The summed E-state index contributed by atoms with van der Waals surface area (Å²) in [5, 5.41) is 15.1. The van der Waals surface area contributed by atoms with Crippen LogP contribution in [-0.2, 0) is 14.3 Å². The van der Waals surface area contributed by atoms with E-state index in [2.05, 4.69) is 20.9 Å². The number of esters is 1. The predicted octanol–water partition coefficient (Wildman–Crippen LogP) is 1.30. The smallest absolute Gasteiger partial charge is 0.319 e.